The van der Waals surface area contributed by atoms with E-state index in [1.165, 1.54) is 0 Å². The van der Waals surface area contributed by atoms with Crippen molar-refractivity contribution in [2.45, 2.75) is 12.5 Å². The zero-order valence-corrected chi connectivity index (χ0v) is 11.0. The third-order valence-corrected chi connectivity index (χ3v) is 3.33. The lowest BCUT2D eigenvalue weighted by atomic mass is 10.2. The number of carbonyl (C=O) groups is 1. The smallest absolute Gasteiger partial charge is 0.238 e. The summed E-state index contributed by atoms with van der Waals surface area (Å²) in [4.78, 5) is 14.0. The normalized spacial score (nSPS) is 18.3. The van der Waals surface area contributed by atoms with Crippen LogP contribution in [0.25, 0.3) is 0 Å². The molecule has 1 aliphatic heterocycles. The molecule has 5 heteroatoms. The maximum Gasteiger partial charge on any atom is 0.238 e. The van der Waals surface area contributed by atoms with Crippen LogP contribution in [0.5, 0.6) is 0 Å². The van der Waals surface area contributed by atoms with Crippen LogP contribution in [-0.4, -0.2) is 43.5 Å². The Morgan fingerprint density at radius 2 is 2.47 bits per heavy atom. The van der Waals surface area contributed by atoms with E-state index >= 15 is 0 Å². The third kappa shape index (κ3) is 3.78. The summed E-state index contributed by atoms with van der Waals surface area (Å²) < 4.78 is 0. The van der Waals surface area contributed by atoms with Crippen molar-refractivity contribution in [2.24, 2.45) is 0 Å². The number of nitriles is 1. The number of nitrogens with zero attached hydrogens (tertiary/aromatic N) is 2. The van der Waals surface area contributed by atoms with E-state index in [-0.39, 0.29) is 5.91 Å². The van der Waals surface area contributed by atoms with E-state index in [1.807, 2.05) is 7.05 Å². The first-order valence-corrected chi connectivity index (χ1v) is 6.40. The van der Waals surface area contributed by atoms with Gasteiger partial charge in [0.05, 0.1) is 18.2 Å². The molecule has 5 nitrogen and oxygen atoms in total. The predicted octanol–water partition coefficient (Wildman–Crippen LogP) is 0.790. The molecule has 1 unspecified atom stereocenters. The molecule has 19 heavy (non-hydrogen) atoms. The Bertz CT molecular complexity index is 488. The molecule has 2 rings (SSSR count). The fourth-order valence-corrected chi connectivity index (χ4v) is 2.24. The van der Waals surface area contributed by atoms with Gasteiger partial charge in [-0.1, -0.05) is 6.07 Å². The Morgan fingerprint density at radius 1 is 1.63 bits per heavy atom. The van der Waals surface area contributed by atoms with Gasteiger partial charge in [-0.15, -0.1) is 0 Å². The number of hydrogen-bond acceptors (Lipinski definition) is 4. The van der Waals surface area contributed by atoms with Crippen LogP contribution in [0.2, 0.25) is 0 Å². The highest BCUT2D eigenvalue weighted by Gasteiger charge is 2.20. The van der Waals surface area contributed by atoms with Crippen molar-refractivity contribution < 1.29 is 4.79 Å². The largest absolute Gasteiger partial charge is 0.325 e. The average Bonchev–Trinajstić information content (AvgIpc) is 2.92. The third-order valence-electron chi connectivity index (χ3n) is 3.33. The number of rotatable bonds is 4. The van der Waals surface area contributed by atoms with Crippen molar-refractivity contribution in [3.05, 3.63) is 29.8 Å². The van der Waals surface area contributed by atoms with Gasteiger partial charge < -0.3 is 10.6 Å². The van der Waals surface area contributed by atoms with Gasteiger partial charge in [0.15, 0.2) is 0 Å². The van der Waals surface area contributed by atoms with Crippen molar-refractivity contribution in [1.29, 1.82) is 5.26 Å². The monoisotopic (exact) mass is 258 g/mol. The highest BCUT2D eigenvalue weighted by atomic mass is 16.2. The summed E-state index contributed by atoms with van der Waals surface area (Å²) in [6.07, 6.45) is 1.08. The summed E-state index contributed by atoms with van der Waals surface area (Å²) in [5.74, 6) is -0.0514. The van der Waals surface area contributed by atoms with Crippen molar-refractivity contribution in [2.75, 3.05) is 32.0 Å². The Balaban J connectivity index is 1.88. The Morgan fingerprint density at radius 3 is 3.16 bits per heavy atom. The van der Waals surface area contributed by atoms with Crippen molar-refractivity contribution in [3.8, 4) is 6.07 Å². The first kappa shape index (κ1) is 13.5. The highest BCUT2D eigenvalue weighted by molar-refractivity contribution is 5.92. The first-order valence-electron chi connectivity index (χ1n) is 6.40. The maximum absolute atomic E-state index is 11.9. The lowest BCUT2D eigenvalue weighted by Crippen LogP contribution is -2.39. The second-order valence-electron chi connectivity index (χ2n) is 4.80. The Hall–Kier alpha value is -1.90. The lowest BCUT2D eigenvalue weighted by molar-refractivity contribution is -0.117. The SMILES string of the molecule is CN(CC(=O)Nc1cccc(C#N)c1)C1CCNC1. The zero-order valence-electron chi connectivity index (χ0n) is 11.0. The molecule has 0 aromatic heterocycles. The molecule has 0 aliphatic carbocycles. The van der Waals surface area contributed by atoms with Gasteiger partial charge in [-0.2, -0.15) is 5.26 Å². The second-order valence-corrected chi connectivity index (χ2v) is 4.80. The van der Waals surface area contributed by atoms with Crippen LogP contribution < -0.4 is 10.6 Å². The minimum atomic E-state index is -0.0514. The van der Waals surface area contributed by atoms with Crippen LogP contribution in [0, 0.1) is 11.3 Å². The quantitative estimate of drug-likeness (QED) is 0.838. The van der Waals surface area contributed by atoms with E-state index in [4.69, 9.17) is 5.26 Å². The van der Waals surface area contributed by atoms with Gasteiger partial charge in [0.1, 0.15) is 0 Å². The fraction of sp³-hybridized carbons (Fsp3) is 0.429. The van der Waals surface area contributed by atoms with Gasteiger partial charge in [-0.25, -0.2) is 0 Å². The predicted molar refractivity (Wildman–Crippen MR) is 73.7 cm³/mol. The molecule has 1 aliphatic rings. The molecule has 1 atom stereocenters. The molecule has 0 spiro atoms. The van der Waals surface area contributed by atoms with Crippen LogP contribution in [-0.2, 0) is 4.79 Å². The van der Waals surface area contributed by atoms with Gasteiger partial charge in [0.25, 0.3) is 0 Å². The molecule has 1 heterocycles. The summed E-state index contributed by atoms with van der Waals surface area (Å²) in [6, 6.07) is 9.42. The maximum atomic E-state index is 11.9. The number of carbonyl (C=O) groups excluding carboxylic acids is 1. The molecule has 100 valence electrons. The lowest BCUT2D eigenvalue weighted by Gasteiger charge is -2.22. The highest BCUT2D eigenvalue weighted by Crippen LogP contribution is 2.10. The molecular weight excluding hydrogens is 240 g/mol. The second kappa shape index (κ2) is 6.32. The number of anilines is 1. The summed E-state index contributed by atoms with van der Waals surface area (Å²) >= 11 is 0. The number of nitrogens with one attached hydrogen (secondary N) is 2. The Labute approximate surface area is 113 Å². The van der Waals surface area contributed by atoms with Gasteiger partial charge in [-0.3, -0.25) is 9.69 Å². The Kier molecular flexibility index (Phi) is 4.50. The topological polar surface area (TPSA) is 68.2 Å². The van der Waals surface area contributed by atoms with Crippen LogP contribution in [0.4, 0.5) is 5.69 Å². The van der Waals surface area contributed by atoms with E-state index in [2.05, 4.69) is 21.6 Å². The molecule has 0 bridgehead atoms. The van der Waals surface area contributed by atoms with Crippen LogP contribution in [0.15, 0.2) is 24.3 Å². The summed E-state index contributed by atoms with van der Waals surface area (Å²) in [5.41, 5.74) is 1.22. The fourth-order valence-electron chi connectivity index (χ4n) is 2.24. The van der Waals surface area contributed by atoms with Gasteiger partial charge in [0.2, 0.25) is 5.91 Å². The molecule has 1 aromatic carbocycles. The summed E-state index contributed by atoms with van der Waals surface area (Å²) in [5, 5.41) is 14.9. The van der Waals surface area contributed by atoms with E-state index in [0.29, 0.717) is 23.8 Å². The molecule has 1 fully saturated rings. The van der Waals surface area contributed by atoms with Gasteiger partial charge >= 0.3 is 0 Å². The summed E-state index contributed by atoms with van der Waals surface area (Å²) in [6.45, 7) is 2.32. The molecule has 1 aromatic rings. The van der Waals surface area contributed by atoms with Crippen molar-refractivity contribution >= 4 is 11.6 Å². The zero-order chi connectivity index (χ0) is 13.7. The van der Waals surface area contributed by atoms with Crippen LogP contribution >= 0.6 is 0 Å². The minimum Gasteiger partial charge on any atom is -0.325 e. The number of hydrogen-bond donors (Lipinski definition) is 2. The molecule has 2 N–H and O–H groups in total. The van der Waals surface area contributed by atoms with Crippen LogP contribution in [0.3, 0.4) is 0 Å². The average molecular weight is 258 g/mol. The summed E-state index contributed by atoms with van der Waals surface area (Å²) in [7, 11) is 1.96. The van der Waals surface area contributed by atoms with E-state index in [1.54, 1.807) is 24.3 Å². The van der Waals surface area contributed by atoms with Crippen molar-refractivity contribution in [3.63, 3.8) is 0 Å². The van der Waals surface area contributed by atoms with E-state index < -0.39 is 0 Å². The van der Waals surface area contributed by atoms with E-state index in [9.17, 15) is 4.79 Å². The number of amides is 1. The molecule has 0 saturated carbocycles. The van der Waals surface area contributed by atoms with Crippen LogP contribution in [0.1, 0.15) is 12.0 Å². The molecular formula is C14H18N4O. The molecule has 1 amide bonds. The van der Waals surface area contributed by atoms with Crippen molar-refractivity contribution in [1.82, 2.24) is 10.2 Å². The first-order chi connectivity index (χ1) is 9.19. The van der Waals surface area contributed by atoms with E-state index in [0.717, 1.165) is 19.5 Å². The molecule has 0 radical (unpaired) electrons. The minimum absolute atomic E-state index is 0.0514. The molecule has 1 saturated heterocycles. The van der Waals surface area contributed by atoms with Gasteiger partial charge in [0, 0.05) is 18.3 Å². The number of likely N-dealkylation sites (N-methyl/N-ethyl adjacent to an activating group) is 1. The standard InChI is InChI=1S/C14H18N4O/c1-18(13-5-6-16-9-13)10-14(19)17-12-4-2-3-11(7-12)8-15/h2-4,7,13,16H,5-6,9-10H2,1H3,(H,17,19). The van der Waals surface area contributed by atoms with Gasteiger partial charge in [-0.05, 0) is 38.2 Å². The number of benzene rings is 1.